The van der Waals surface area contributed by atoms with Crippen LogP contribution in [0.2, 0.25) is 5.02 Å². The maximum Gasteiger partial charge on any atom is 0.530 e. The normalized spacial score (nSPS) is 21.1. The van der Waals surface area contributed by atoms with E-state index in [1.165, 1.54) is 102 Å². The number of hydrogen-bond donors (Lipinski definition) is 1. The molecule has 6 atom stereocenters. The summed E-state index contributed by atoms with van der Waals surface area (Å²) in [6.07, 6.45) is 19.5. The number of para-hydroxylation sites is 1. The molecule has 0 radical (unpaired) electrons. The second-order valence-electron chi connectivity index (χ2n) is 18.1. The molecule has 0 aliphatic carbocycles. The first-order chi connectivity index (χ1) is 32.4. The largest absolute Gasteiger partial charge is 0.530 e. The zero-order chi connectivity index (χ0) is 47.7. The number of nitrogens with two attached hydrogens (primary N) is 1. The third-order valence-corrected chi connectivity index (χ3v) is 14.0. The van der Waals surface area contributed by atoms with Crippen molar-refractivity contribution in [3.05, 3.63) is 88.6 Å². The highest BCUT2D eigenvalue weighted by Gasteiger charge is 2.65. The highest BCUT2D eigenvalue weighted by Crippen LogP contribution is 2.55. The Morgan fingerprint density at radius 2 is 1.54 bits per heavy atom. The first kappa shape index (κ1) is 52.2. The average Bonchev–Trinajstić information content (AvgIpc) is 3.98. The van der Waals surface area contributed by atoms with Gasteiger partial charge in [0.15, 0.2) is 11.6 Å². The first-order valence-corrected chi connectivity index (χ1v) is 25.9. The van der Waals surface area contributed by atoms with E-state index in [9.17, 15) is 19.5 Å². The summed E-state index contributed by atoms with van der Waals surface area (Å²) in [5.74, 6) is -1.41. The summed E-state index contributed by atoms with van der Waals surface area (Å²) in [6.45, 7) is 4.77. The molecule has 6 rings (SSSR count). The van der Waals surface area contributed by atoms with Crippen LogP contribution in [0.3, 0.4) is 0 Å². The summed E-state index contributed by atoms with van der Waals surface area (Å²) < 4.78 is 74.4. The van der Waals surface area contributed by atoms with Gasteiger partial charge in [-0.05, 0) is 68.3 Å². The van der Waals surface area contributed by atoms with Crippen molar-refractivity contribution in [1.82, 2.24) is 14.6 Å². The number of anilines is 1. The number of unbranched alkanes of at least 4 members (excludes halogenated alkanes) is 16. The standard InChI is InChI=1S/C50H67ClFN6O8P/c1-4-5-6-7-8-9-10-11-12-13-14-15-16-17-18-19-20-23-40(60-32-38-28-37(31-53)29-39(52)30-38)33-61-67(59,66-44-25-22-21-24-41(44)51)62-35-50(34-54)47-46(63-49(2,3)65-47)45(64-50)42-26-27-43-48(55)56-36-57-58(42)43/h21-22,24-30,36,40,45-47H,4-20,23,32-33,35H2,1-3H3,(H2,55,56,57)/t40-,45+,46+,47+,50-,67?/m1/s1. The van der Waals surface area contributed by atoms with Gasteiger partial charge in [-0.3, -0.25) is 9.05 Å². The molecule has 4 heterocycles. The van der Waals surface area contributed by atoms with Crippen LogP contribution in [0.25, 0.3) is 5.52 Å². The molecule has 1 unspecified atom stereocenters. The van der Waals surface area contributed by atoms with Crippen LogP contribution >= 0.6 is 19.4 Å². The second-order valence-corrected chi connectivity index (χ2v) is 20.1. The Morgan fingerprint density at radius 3 is 2.18 bits per heavy atom. The van der Waals surface area contributed by atoms with Crippen LogP contribution in [-0.4, -0.2) is 57.5 Å². The number of hydrogen-bond acceptors (Lipinski definition) is 13. The molecule has 2 aliphatic rings. The Kier molecular flexibility index (Phi) is 19.8. The molecule has 0 amide bonds. The molecular weight excluding hydrogens is 898 g/mol. The Hall–Kier alpha value is -4.15. The first-order valence-electron chi connectivity index (χ1n) is 24.1. The fourth-order valence-corrected chi connectivity index (χ4v) is 10.3. The molecule has 2 aliphatic heterocycles. The van der Waals surface area contributed by atoms with Gasteiger partial charge in [0.25, 0.3) is 0 Å². The highest BCUT2D eigenvalue weighted by atomic mass is 35.5. The number of phosphoric acid groups is 1. The van der Waals surface area contributed by atoms with Crippen LogP contribution < -0.4 is 10.3 Å². The summed E-state index contributed by atoms with van der Waals surface area (Å²) in [5, 5.41) is 24.8. The Morgan fingerprint density at radius 1 is 0.881 bits per heavy atom. The van der Waals surface area contributed by atoms with Crippen molar-refractivity contribution in [3.63, 3.8) is 0 Å². The lowest BCUT2D eigenvalue weighted by Crippen LogP contribution is -2.46. The number of benzene rings is 2. The molecule has 67 heavy (non-hydrogen) atoms. The topological polar surface area (TPSA) is 185 Å². The number of nitrogens with zero attached hydrogens (tertiary/aromatic N) is 5. The molecule has 2 fully saturated rings. The quantitative estimate of drug-likeness (QED) is 0.0385. The van der Waals surface area contributed by atoms with Gasteiger partial charge in [0.1, 0.15) is 54.4 Å². The van der Waals surface area contributed by atoms with Gasteiger partial charge in [-0.2, -0.15) is 15.6 Å². The highest BCUT2D eigenvalue weighted by molar-refractivity contribution is 7.49. The van der Waals surface area contributed by atoms with Gasteiger partial charge in [0, 0.05) is 0 Å². The number of halogens is 2. The molecular formula is C50H67ClFN6O8P. The predicted molar refractivity (Wildman–Crippen MR) is 253 cm³/mol. The van der Waals surface area contributed by atoms with Crippen LogP contribution in [0.1, 0.15) is 159 Å². The average molecular weight is 966 g/mol. The number of ether oxygens (including phenoxy) is 4. The zero-order valence-corrected chi connectivity index (χ0v) is 40.9. The maximum atomic E-state index is 14.9. The summed E-state index contributed by atoms with van der Waals surface area (Å²) in [7, 11) is -4.66. The third kappa shape index (κ3) is 14.9. The van der Waals surface area contributed by atoms with E-state index in [4.69, 9.17) is 49.9 Å². The van der Waals surface area contributed by atoms with Crippen molar-refractivity contribution in [2.45, 2.75) is 179 Å². The minimum Gasteiger partial charge on any atom is -0.402 e. The van der Waals surface area contributed by atoms with Gasteiger partial charge in [0.05, 0.1) is 41.7 Å². The van der Waals surface area contributed by atoms with Crippen molar-refractivity contribution >= 4 is 30.8 Å². The summed E-state index contributed by atoms with van der Waals surface area (Å²) in [5.41, 5.74) is 5.92. The number of nitrogen functional groups attached to an aromatic ring is 1. The van der Waals surface area contributed by atoms with E-state index in [1.54, 1.807) is 54.8 Å². The molecule has 2 N–H and O–H groups in total. The van der Waals surface area contributed by atoms with Gasteiger partial charge in [-0.15, -0.1) is 0 Å². The van der Waals surface area contributed by atoms with E-state index in [1.807, 2.05) is 6.07 Å². The SMILES string of the molecule is CCCCCCCCCCCCCCCCCCC[C@H](COP(=O)(OC[C@@]1(C#N)O[C@@H](c2ccc3c(N)ncnn23)[C@@H]2OC(C)(C)O[C@@H]21)Oc1ccccc1Cl)OCc1cc(F)cc(C#N)c1. The summed E-state index contributed by atoms with van der Waals surface area (Å²) in [4.78, 5) is 4.07. The number of nitriles is 2. The van der Waals surface area contributed by atoms with Gasteiger partial charge in [0.2, 0.25) is 5.60 Å². The van der Waals surface area contributed by atoms with Crippen molar-refractivity contribution in [2.75, 3.05) is 18.9 Å². The van der Waals surface area contributed by atoms with Crippen LogP contribution in [0.5, 0.6) is 5.75 Å². The lowest BCUT2D eigenvalue weighted by atomic mass is 9.96. The predicted octanol–water partition coefficient (Wildman–Crippen LogP) is 12.7. The molecule has 0 saturated carbocycles. The van der Waals surface area contributed by atoms with Crippen LogP contribution in [-0.2, 0) is 39.2 Å². The summed E-state index contributed by atoms with van der Waals surface area (Å²) >= 11 is 6.48. The van der Waals surface area contributed by atoms with Crippen LogP contribution in [0, 0.1) is 28.5 Å². The molecule has 4 aromatic rings. The molecule has 2 aromatic heterocycles. The Bertz CT molecular complexity index is 2320. The molecule has 364 valence electrons. The maximum absolute atomic E-state index is 14.9. The Labute approximate surface area is 400 Å². The van der Waals surface area contributed by atoms with E-state index in [0.717, 1.165) is 31.7 Å². The van der Waals surface area contributed by atoms with E-state index >= 15 is 0 Å². The van der Waals surface area contributed by atoms with Crippen LogP contribution in [0.15, 0.2) is 60.9 Å². The second kappa shape index (κ2) is 25.5. The van der Waals surface area contributed by atoms with E-state index in [0.29, 0.717) is 23.2 Å². The van der Waals surface area contributed by atoms with Crippen molar-refractivity contribution in [3.8, 4) is 17.9 Å². The monoisotopic (exact) mass is 964 g/mol. The molecule has 17 heteroatoms. The third-order valence-electron chi connectivity index (χ3n) is 12.3. The van der Waals surface area contributed by atoms with Crippen molar-refractivity contribution in [2.24, 2.45) is 0 Å². The van der Waals surface area contributed by atoms with Crippen LogP contribution in [0.4, 0.5) is 10.2 Å². The van der Waals surface area contributed by atoms with Gasteiger partial charge < -0.3 is 29.2 Å². The smallest absolute Gasteiger partial charge is 0.402 e. The molecule has 0 spiro atoms. The van der Waals surface area contributed by atoms with Gasteiger partial charge in [-0.1, -0.05) is 140 Å². The zero-order valence-electron chi connectivity index (χ0n) is 39.2. The lowest BCUT2D eigenvalue weighted by Gasteiger charge is -2.30. The molecule has 2 aromatic carbocycles. The molecule has 14 nitrogen and oxygen atoms in total. The minimum atomic E-state index is -4.66. The van der Waals surface area contributed by atoms with E-state index in [-0.39, 0.29) is 35.4 Å². The number of phosphoric ester groups is 1. The van der Waals surface area contributed by atoms with Crippen molar-refractivity contribution < 1.29 is 41.5 Å². The molecule has 2 saturated heterocycles. The lowest BCUT2D eigenvalue weighted by molar-refractivity contribution is -0.204. The fraction of sp³-hybridized carbons (Fsp3) is 0.600. The Balaban J connectivity index is 1.09. The minimum absolute atomic E-state index is 0.0227. The van der Waals surface area contributed by atoms with E-state index < -0.39 is 56.1 Å². The molecule has 0 bridgehead atoms. The number of rotatable bonds is 30. The number of fused-ring (bicyclic) bond motifs is 2. The summed E-state index contributed by atoms with van der Waals surface area (Å²) in [6, 6.07) is 18.1. The fourth-order valence-electron chi connectivity index (χ4n) is 8.79. The van der Waals surface area contributed by atoms with Crippen molar-refractivity contribution in [1.29, 1.82) is 10.5 Å². The van der Waals surface area contributed by atoms with Gasteiger partial charge >= 0.3 is 7.82 Å². The number of aromatic nitrogens is 3. The van der Waals surface area contributed by atoms with Gasteiger partial charge in [-0.25, -0.2) is 18.5 Å². The van der Waals surface area contributed by atoms with E-state index in [2.05, 4.69) is 23.1 Å².